The highest BCUT2D eigenvalue weighted by atomic mass is 16.5. The zero-order valence-electron chi connectivity index (χ0n) is 23.6. The minimum absolute atomic E-state index is 0.259. The van der Waals surface area contributed by atoms with Crippen LogP contribution in [-0.2, 0) is 0 Å². The van der Waals surface area contributed by atoms with Gasteiger partial charge in [-0.05, 0) is 55.4 Å². The zero-order chi connectivity index (χ0) is 26.1. The molecule has 1 saturated carbocycles. The second-order valence-corrected chi connectivity index (χ2v) is 10.9. The van der Waals surface area contributed by atoms with Crippen LogP contribution in [0.4, 0.5) is 0 Å². The van der Waals surface area contributed by atoms with Crippen molar-refractivity contribution in [2.24, 2.45) is 0 Å². The number of ether oxygens (including phenoxy) is 2. The Morgan fingerprint density at radius 3 is 1.81 bits per heavy atom. The van der Waals surface area contributed by atoms with E-state index in [9.17, 15) is 4.79 Å². The van der Waals surface area contributed by atoms with Crippen LogP contribution in [0.25, 0.3) is 11.1 Å². The molecule has 0 spiro atoms. The van der Waals surface area contributed by atoms with Crippen LogP contribution in [0.1, 0.15) is 133 Å². The van der Waals surface area contributed by atoms with Gasteiger partial charge in [0, 0.05) is 12.0 Å². The SMILES string of the molecule is CCCCCCCCCCCCCCCC(=O)c1ccc(-c2ccc(OC)c(OC3CCCC3)c2)cc1. The number of methoxy groups -OCH3 is 1. The van der Waals surface area contributed by atoms with E-state index in [-0.39, 0.29) is 11.9 Å². The van der Waals surface area contributed by atoms with Crippen LogP contribution in [0.15, 0.2) is 42.5 Å². The molecule has 2 aromatic carbocycles. The van der Waals surface area contributed by atoms with E-state index < -0.39 is 0 Å². The zero-order valence-corrected chi connectivity index (χ0v) is 23.6. The molecule has 3 heteroatoms. The Morgan fingerprint density at radius 1 is 0.703 bits per heavy atom. The number of hydrogen-bond donors (Lipinski definition) is 0. The first kappa shape index (κ1) is 29.3. The van der Waals surface area contributed by atoms with Crippen LogP contribution < -0.4 is 9.47 Å². The first-order valence-corrected chi connectivity index (χ1v) is 15.2. The van der Waals surface area contributed by atoms with Gasteiger partial charge >= 0.3 is 0 Å². The molecule has 0 aliphatic heterocycles. The van der Waals surface area contributed by atoms with Crippen LogP contribution in [0.2, 0.25) is 0 Å². The van der Waals surface area contributed by atoms with Crippen molar-refractivity contribution >= 4 is 5.78 Å². The van der Waals surface area contributed by atoms with Gasteiger partial charge in [0.1, 0.15) is 0 Å². The lowest BCUT2D eigenvalue weighted by Crippen LogP contribution is -2.11. The van der Waals surface area contributed by atoms with Crippen molar-refractivity contribution in [1.29, 1.82) is 0 Å². The number of Topliss-reactive ketones (excluding diaryl/α,β-unsaturated/α-hetero) is 1. The summed E-state index contributed by atoms with van der Waals surface area (Å²) >= 11 is 0. The average molecular weight is 507 g/mol. The molecule has 1 aliphatic carbocycles. The largest absolute Gasteiger partial charge is 0.493 e. The van der Waals surface area contributed by atoms with Crippen molar-refractivity contribution < 1.29 is 14.3 Å². The molecule has 3 rings (SSSR count). The van der Waals surface area contributed by atoms with E-state index in [0.717, 1.165) is 53.9 Å². The Labute approximate surface area is 226 Å². The fourth-order valence-electron chi connectivity index (χ4n) is 5.43. The summed E-state index contributed by atoms with van der Waals surface area (Å²) in [6, 6.07) is 14.2. The van der Waals surface area contributed by atoms with E-state index in [1.807, 2.05) is 18.2 Å². The number of benzene rings is 2. The average Bonchev–Trinajstić information content (AvgIpc) is 3.44. The molecular formula is C34H50O3. The second-order valence-electron chi connectivity index (χ2n) is 10.9. The number of ketones is 1. The van der Waals surface area contributed by atoms with Crippen molar-refractivity contribution in [1.82, 2.24) is 0 Å². The number of unbranched alkanes of at least 4 members (excludes halogenated alkanes) is 12. The quantitative estimate of drug-likeness (QED) is 0.140. The molecule has 1 aliphatic rings. The van der Waals surface area contributed by atoms with E-state index in [4.69, 9.17) is 9.47 Å². The van der Waals surface area contributed by atoms with Crippen LogP contribution in [0.3, 0.4) is 0 Å². The van der Waals surface area contributed by atoms with Crippen LogP contribution in [-0.4, -0.2) is 19.0 Å². The first-order chi connectivity index (χ1) is 18.2. The lowest BCUT2D eigenvalue weighted by atomic mass is 9.99. The van der Waals surface area contributed by atoms with Gasteiger partial charge in [-0.15, -0.1) is 0 Å². The molecule has 0 aromatic heterocycles. The summed E-state index contributed by atoms with van der Waals surface area (Å²) in [5.41, 5.74) is 3.00. The molecule has 0 heterocycles. The molecule has 2 aromatic rings. The third-order valence-corrected chi connectivity index (χ3v) is 7.81. The summed E-state index contributed by atoms with van der Waals surface area (Å²) in [4.78, 5) is 12.7. The molecule has 0 saturated heterocycles. The summed E-state index contributed by atoms with van der Waals surface area (Å²) in [6.07, 6.45) is 22.9. The number of rotatable bonds is 19. The predicted octanol–water partition coefficient (Wildman–Crippen LogP) is 10.3. The highest BCUT2D eigenvalue weighted by Crippen LogP contribution is 2.35. The van der Waals surface area contributed by atoms with E-state index in [1.165, 1.54) is 83.5 Å². The lowest BCUT2D eigenvalue weighted by molar-refractivity contribution is 0.0979. The third-order valence-electron chi connectivity index (χ3n) is 7.81. The van der Waals surface area contributed by atoms with Crippen molar-refractivity contribution in [3.8, 4) is 22.6 Å². The van der Waals surface area contributed by atoms with Gasteiger partial charge < -0.3 is 9.47 Å². The molecule has 1 fully saturated rings. The maximum Gasteiger partial charge on any atom is 0.162 e. The maximum absolute atomic E-state index is 12.7. The standard InChI is InChI=1S/C34H50O3/c1-3-4-5-6-7-8-9-10-11-12-13-14-15-20-32(35)29-23-21-28(22-24-29)30-25-26-33(36-2)34(27-30)37-31-18-16-17-19-31/h21-27,31H,3-20H2,1-2H3. The molecule has 0 N–H and O–H groups in total. The first-order valence-electron chi connectivity index (χ1n) is 15.2. The smallest absolute Gasteiger partial charge is 0.162 e. The summed E-state index contributed by atoms with van der Waals surface area (Å²) in [7, 11) is 1.69. The van der Waals surface area contributed by atoms with Crippen LogP contribution >= 0.6 is 0 Å². The fourth-order valence-corrected chi connectivity index (χ4v) is 5.43. The third kappa shape index (κ3) is 10.5. The molecule has 0 amide bonds. The van der Waals surface area contributed by atoms with E-state index >= 15 is 0 Å². The van der Waals surface area contributed by atoms with Crippen LogP contribution in [0.5, 0.6) is 11.5 Å². The topological polar surface area (TPSA) is 35.5 Å². The molecule has 0 unspecified atom stereocenters. The normalized spacial score (nSPS) is 13.7. The summed E-state index contributed by atoms with van der Waals surface area (Å²) in [6.45, 7) is 2.28. The lowest BCUT2D eigenvalue weighted by Gasteiger charge is -2.17. The Bertz CT molecular complexity index is 896. The molecule has 3 nitrogen and oxygen atoms in total. The number of hydrogen-bond acceptors (Lipinski definition) is 3. The van der Waals surface area contributed by atoms with Crippen molar-refractivity contribution in [2.75, 3.05) is 7.11 Å². The maximum atomic E-state index is 12.7. The highest BCUT2D eigenvalue weighted by molar-refractivity contribution is 5.96. The van der Waals surface area contributed by atoms with Gasteiger partial charge in [-0.2, -0.15) is 0 Å². The molecule has 0 bridgehead atoms. The Hall–Kier alpha value is -2.29. The van der Waals surface area contributed by atoms with E-state index in [0.29, 0.717) is 6.42 Å². The molecule has 204 valence electrons. The van der Waals surface area contributed by atoms with E-state index in [2.05, 4.69) is 31.2 Å². The molecular weight excluding hydrogens is 456 g/mol. The van der Waals surface area contributed by atoms with Gasteiger partial charge in [-0.1, -0.05) is 114 Å². The van der Waals surface area contributed by atoms with Gasteiger partial charge in [-0.3, -0.25) is 4.79 Å². The monoisotopic (exact) mass is 506 g/mol. The number of carbonyl (C=O) groups excluding carboxylic acids is 1. The fraction of sp³-hybridized carbons (Fsp3) is 0.618. The van der Waals surface area contributed by atoms with Gasteiger partial charge in [0.25, 0.3) is 0 Å². The Kier molecular flexibility index (Phi) is 13.7. The van der Waals surface area contributed by atoms with Gasteiger partial charge in [0.15, 0.2) is 17.3 Å². The minimum Gasteiger partial charge on any atom is -0.493 e. The Morgan fingerprint density at radius 2 is 1.24 bits per heavy atom. The molecule has 0 atom stereocenters. The van der Waals surface area contributed by atoms with Crippen molar-refractivity contribution in [3.63, 3.8) is 0 Å². The van der Waals surface area contributed by atoms with Crippen molar-refractivity contribution in [3.05, 3.63) is 48.0 Å². The number of carbonyl (C=O) groups is 1. The van der Waals surface area contributed by atoms with Crippen molar-refractivity contribution in [2.45, 2.75) is 129 Å². The highest BCUT2D eigenvalue weighted by Gasteiger charge is 2.19. The van der Waals surface area contributed by atoms with Crippen LogP contribution in [0, 0.1) is 0 Å². The van der Waals surface area contributed by atoms with Gasteiger partial charge in [-0.25, -0.2) is 0 Å². The Balaban J connectivity index is 1.34. The van der Waals surface area contributed by atoms with Gasteiger partial charge in [0.05, 0.1) is 13.2 Å². The summed E-state index contributed by atoms with van der Waals surface area (Å²) in [5, 5.41) is 0. The van der Waals surface area contributed by atoms with E-state index in [1.54, 1.807) is 7.11 Å². The van der Waals surface area contributed by atoms with Gasteiger partial charge in [0.2, 0.25) is 0 Å². The summed E-state index contributed by atoms with van der Waals surface area (Å²) < 4.78 is 11.8. The summed E-state index contributed by atoms with van der Waals surface area (Å²) in [5.74, 6) is 1.85. The molecule has 0 radical (unpaired) electrons. The predicted molar refractivity (Wildman–Crippen MR) is 156 cm³/mol. The minimum atomic E-state index is 0.259. The second kappa shape index (κ2) is 17.3. The molecule has 37 heavy (non-hydrogen) atoms.